The molecule has 0 amide bonds. The molecule has 0 spiro atoms. The predicted octanol–water partition coefficient (Wildman–Crippen LogP) is 3.08. The second-order valence-corrected chi connectivity index (χ2v) is 12.9. The van der Waals surface area contributed by atoms with E-state index < -0.39 is 20.0 Å². The van der Waals surface area contributed by atoms with Gasteiger partial charge < -0.3 is 14.6 Å². The fourth-order valence-electron chi connectivity index (χ4n) is 3.64. The summed E-state index contributed by atoms with van der Waals surface area (Å²) >= 11 is 0. The smallest absolute Gasteiger partial charge is 0.261 e. The third kappa shape index (κ3) is 4.63. The van der Waals surface area contributed by atoms with Crippen molar-refractivity contribution in [3.05, 3.63) is 60.7 Å². The van der Waals surface area contributed by atoms with E-state index in [4.69, 9.17) is 4.43 Å². The molecule has 2 rings (SSSR count). The highest BCUT2D eigenvalue weighted by atomic mass is 28.4. The van der Waals surface area contributed by atoms with Crippen molar-refractivity contribution in [1.29, 1.82) is 0 Å². The molecule has 2 aromatic carbocycles. The van der Waals surface area contributed by atoms with E-state index in [1.54, 1.807) is 13.8 Å². The molecular weight excluding hydrogens is 340 g/mol. The molecule has 0 aliphatic carbocycles. The van der Waals surface area contributed by atoms with E-state index in [2.05, 4.69) is 45.0 Å². The lowest BCUT2D eigenvalue weighted by Gasteiger charge is -2.45. The molecule has 0 heterocycles. The predicted molar refractivity (Wildman–Crippen MR) is 110 cm³/mol. The molecule has 0 bridgehead atoms. The van der Waals surface area contributed by atoms with Gasteiger partial charge in [-0.15, -0.1) is 0 Å². The maximum absolute atomic E-state index is 10.3. The highest BCUT2D eigenvalue weighted by Crippen LogP contribution is 2.38. The van der Waals surface area contributed by atoms with Gasteiger partial charge in [-0.1, -0.05) is 81.4 Å². The standard InChI is InChI=1S/C22H32O3Si/c1-21(2,3)26(19-12-8-6-9-13-19,20-14-10-7-11-15-20)25-18(17-23)16-22(4,5)24/h6-15,18,23-24H,16-17H2,1-5H3/t18-/m1/s1. The quantitative estimate of drug-likeness (QED) is 0.735. The van der Waals surface area contributed by atoms with Crippen LogP contribution in [-0.4, -0.2) is 36.8 Å². The Morgan fingerprint density at radius 2 is 1.27 bits per heavy atom. The zero-order valence-corrected chi connectivity index (χ0v) is 17.6. The molecule has 26 heavy (non-hydrogen) atoms. The summed E-state index contributed by atoms with van der Waals surface area (Å²) in [6, 6.07) is 20.7. The average molecular weight is 373 g/mol. The van der Waals surface area contributed by atoms with Crippen LogP contribution < -0.4 is 10.4 Å². The number of rotatable bonds is 7. The molecular formula is C22H32O3Si. The Morgan fingerprint density at radius 1 is 0.846 bits per heavy atom. The Labute approximate surface area is 158 Å². The van der Waals surface area contributed by atoms with Gasteiger partial charge in [0, 0.05) is 6.42 Å². The number of aliphatic hydroxyl groups excluding tert-OH is 1. The Kier molecular flexibility index (Phi) is 6.45. The van der Waals surface area contributed by atoms with E-state index in [-0.39, 0.29) is 11.6 Å². The lowest BCUT2D eigenvalue weighted by Crippen LogP contribution is -2.68. The van der Waals surface area contributed by atoms with Gasteiger partial charge in [-0.3, -0.25) is 0 Å². The van der Waals surface area contributed by atoms with Crippen molar-refractivity contribution >= 4 is 18.7 Å². The van der Waals surface area contributed by atoms with Crippen molar-refractivity contribution in [2.45, 2.75) is 57.8 Å². The Bertz CT molecular complexity index is 633. The summed E-state index contributed by atoms with van der Waals surface area (Å²) < 4.78 is 6.83. The van der Waals surface area contributed by atoms with E-state index in [1.807, 2.05) is 36.4 Å². The minimum atomic E-state index is -2.70. The van der Waals surface area contributed by atoms with Crippen LogP contribution in [0.15, 0.2) is 60.7 Å². The fraction of sp³-hybridized carbons (Fsp3) is 0.455. The van der Waals surface area contributed by atoms with Gasteiger partial charge in [0.05, 0.1) is 18.3 Å². The lowest BCUT2D eigenvalue weighted by molar-refractivity contribution is 0.00395. The van der Waals surface area contributed by atoms with Crippen molar-refractivity contribution < 1.29 is 14.6 Å². The van der Waals surface area contributed by atoms with E-state index in [0.29, 0.717) is 6.42 Å². The van der Waals surface area contributed by atoms with Crippen LogP contribution in [0.4, 0.5) is 0 Å². The summed E-state index contributed by atoms with van der Waals surface area (Å²) in [4.78, 5) is 0. The number of aliphatic hydroxyl groups is 2. The highest BCUT2D eigenvalue weighted by molar-refractivity contribution is 6.99. The number of hydrogen-bond acceptors (Lipinski definition) is 3. The molecule has 0 fully saturated rings. The van der Waals surface area contributed by atoms with Crippen molar-refractivity contribution in [1.82, 2.24) is 0 Å². The maximum Gasteiger partial charge on any atom is 0.261 e. The van der Waals surface area contributed by atoms with E-state index >= 15 is 0 Å². The zero-order chi connectivity index (χ0) is 19.4. The van der Waals surface area contributed by atoms with Crippen LogP contribution in [0.25, 0.3) is 0 Å². The summed E-state index contributed by atoms with van der Waals surface area (Å²) in [6.07, 6.45) is -0.0464. The van der Waals surface area contributed by atoms with Gasteiger partial charge in [-0.25, -0.2) is 0 Å². The monoisotopic (exact) mass is 372 g/mol. The molecule has 0 unspecified atom stereocenters. The maximum atomic E-state index is 10.3. The van der Waals surface area contributed by atoms with E-state index in [9.17, 15) is 10.2 Å². The van der Waals surface area contributed by atoms with Gasteiger partial charge in [0.25, 0.3) is 8.32 Å². The molecule has 1 atom stereocenters. The average Bonchev–Trinajstić information content (AvgIpc) is 2.58. The van der Waals surface area contributed by atoms with Crippen LogP contribution in [0.5, 0.6) is 0 Å². The normalized spacial score (nSPS) is 14.3. The van der Waals surface area contributed by atoms with Crippen LogP contribution >= 0.6 is 0 Å². The van der Waals surface area contributed by atoms with Crippen LogP contribution in [0.3, 0.4) is 0 Å². The Morgan fingerprint density at radius 3 is 1.58 bits per heavy atom. The van der Waals surface area contributed by atoms with Gasteiger partial charge >= 0.3 is 0 Å². The number of hydrogen-bond donors (Lipinski definition) is 2. The van der Waals surface area contributed by atoms with Crippen LogP contribution in [0.2, 0.25) is 5.04 Å². The first-order valence-electron chi connectivity index (χ1n) is 9.22. The third-order valence-electron chi connectivity index (χ3n) is 4.69. The van der Waals surface area contributed by atoms with Crippen LogP contribution in [0.1, 0.15) is 41.0 Å². The second kappa shape index (κ2) is 8.05. The van der Waals surface area contributed by atoms with Gasteiger partial charge in [-0.2, -0.15) is 0 Å². The van der Waals surface area contributed by atoms with Gasteiger partial charge in [0.2, 0.25) is 0 Å². The Balaban J connectivity index is 2.64. The molecule has 4 heteroatoms. The SMILES string of the molecule is CC(C)(O)C[C@H](CO)O[Si](c1ccccc1)(c1ccccc1)C(C)(C)C. The van der Waals surface area contributed by atoms with Crippen molar-refractivity contribution in [3.63, 3.8) is 0 Å². The third-order valence-corrected chi connectivity index (χ3v) is 9.78. The van der Waals surface area contributed by atoms with Gasteiger partial charge in [0.15, 0.2) is 0 Å². The summed E-state index contributed by atoms with van der Waals surface area (Å²) in [7, 11) is -2.70. The molecule has 2 aromatic rings. The first-order chi connectivity index (χ1) is 12.1. The van der Waals surface area contributed by atoms with E-state index in [0.717, 1.165) is 0 Å². The summed E-state index contributed by atoms with van der Waals surface area (Å²) in [6.45, 7) is 10.0. The molecule has 0 radical (unpaired) electrons. The van der Waals surface area contributed by atoms with E-state index in [1.165, 1.54) is 10.4 Å². The first kappa shape index (κ1) is 20.8. The minimum absolute atomic E-state index is 0.117. The molecule has 3 nitrogen and oxygen atoms in total. The van der Waals surface area contributed by atoms with Gasteiger partial charge in [0.1, 0.15) is 0 Å². The fourth-order valence-corrected chi connectivity index (χ4v) is 8.31. The lowest BCUT2D eigenvalue weighted by atomic mass is 10.0. The summed E-state index contributed by atoms with van der Waals surface area (Å²) in [5.74, 6) is 0. The molecule has 142 valence electrons. The van der Waals surface area contributed by atoms with Crippen LogP contribution in [0, 0.1) is 0 Å². The zero-order valence-electron chi connectivity index (χ0n) is 16.6. The van der Waals surface area contributed by atoms with Crippen molar-refractivity contribution in [2.75, 3.05) is 6.61 Å². The molecule has 0 aliphatic rings. The Hall–Kier alpha value is -1.46. The topological polar surface area (TPSA) is 49.7 Å². The molecule has 2 N–H and O–H groups in total. The molecule has 0 aromatic heterocycles. The minimum Gasteiger partial charge on any atom is -0.402 e. The summed E-state index contributed by atoms with van der Waals surface area (Å²) in [5.41, 5.74) is -0.904. The molecule has 0 aliphatic heterocycles. The number of benzene rings is 2. The van der Waals surface area contributed by atoms with Crippen LogP contribution in [-0.2, 0) is 4.43 Å². The molecule has 0 saturated carbocycles. The van der Waals surface area contributed by atoms with Gasteiger partial charge in [-0.05, 0) is 29.3 Å². The summed E-state index contributed by atoms with van der Waals surface area (Å²) in [5, 5.41) is 22.5. The highest BCUT2D eigenvalue weighted by Gasteiger charge is 2.51. The van der Waals surface area contributed by atoms with Crippen molar-refractivity contribution in [3.8, 4) is 0 Å². The second-order valence-electron chi connectivity index (χ2n) is 8.60. The first-order valence-corrected chi connectivity index (χ1v) is 11.1. The van der Waals surface area contributed by atoms with Crippen molar-refractivity contribution in [2.24, 2.45) is 0 Å². The largest absolute Gasteiger partial charge is 0.402 e. The molecule has 0 saturated heterocycles.